The molecule has 0 bridgehead atoms. The Morgan fingerprint density at radius 2 is 1.77 bits per heavy atom. The Morgan fingerprint density at radius 1 is 1.08 bits per heavy atom. The number of benzene rings is 2. The fourth-order valence-corrected chi connectivity index (χ4v) is 2.24. The summed E-state index contributed by atoms with van der Waals surface area (Å²) in [5, 5.41) is 8.89. The molecule has 0 aliphatic carbocycles. The van der Waals surface area contributed by atoms with Gasteiger partial charge in [0.05, 0.1) is 25.9 Å². The van der Waals surface area contributed by atoms with Gasteiger partial charge in [-0.1, -0.05) is 12.1 Å². The van der Waals surface area contributed by atoms with E-state index in [1.54, 1.807) is 12.1 Å². The Hall–Kier alpha value is -3.46. The normalized spacial score (nSPS) is 9.73. The van der Waals surface area contributed by atoms with E-state index in [0.717, 1.165) is 5.56 Å². The van der Waals surface area contributed by atoms with Crippen molar-refractivity contribution in [3.8, 4) is 29.1 Å². The fraction of sp³-hybridized carbons (Fsp3) is 0.200. The quantitative estimate of drug-likeness (QED) is 0.412. The smallest absolute Gasteiger partial charge is 0.349 e. The molecule has 0 aliphatic rings. The number of esters is 1. The molecule has 134 valence electrons. The van der Waals surface area contributed by atoms with Crippen LogP contribution in [0.15, 0.2) is 49.1 Å². The molecule has 6 heteroatoms. The lowest BCUT2D eigenvalue weighted by molar-refractivity contribution is -0.136. The summed E-state index contributed by atoms with van der Waals surface area (Å²) in [6.07, 6.45) is 2.49. The van der Waals surface area contributed by atoms with E-state index < -0.39 is 5.97 Å². The molecule has 0 N–H and O–H groups in total. The van der Waals surface area contributed by atoms with Crippen LogP contribution < -0.4 is 18.9 Å². The Morgan fingerprint density at radius 3 is 2.42 bits per heavy atom. The minimum atomic E-state index is -0.606. The Labute approximate surface area is 152 Å². The van der Waals surface area contributed by atoms with E-state index in [-0.39, 0.29) is 12.4 Å². The zero-order chi connectivity index (χ0) is 18.9. The summed E-state index contributed by atoms with van der Waals surface area (Å²) < 4.78 is 21.1. The van der Waals surface area contributed by atoms with Gasteiger partial charge in [0.1, 0.15) is 0 Å². The lowest BCUT2D eigenvalue weighted by atomic mass is 10.1. The van der Waals surface area contributed by atoms with E-state index in [1.807, 2.05) is 18.2 Å². The summed E-state index contributed by atoms with van der Waals surface area (Å²) in [5.74, 6) is 0.861. The molecule has 2 aromatic carbocycles. The van der Waals surface area contributed by atoms with Crippen LogP contribution in [0.4, 0.5) is 0 Å². The van der Waals surface area contributed by atoms with Crippen LogP contribution in [0.2, 0.25) is 0 Å². The summed E-state index contributed by atoms with van der Waals surface area (Å²) in [6, 6.07) is 11.9. The average molecular weight is 353 g/mol. The number of rotatable bonds is 8. The van der Waals surface area contributed by atoms with Crippen LogP contribution >= 0.6 is 0 Å². The third-order valence-electron chi connectivity index (χ3n) is 3.47. The van der Waals surface area contributed by atoms with E-state index in [2.05, 4.69) is 6.58 Å². The van der Waals surface area contributed by atoms with Crippen LogP contribution in [-0.4, -0.2) is 26.8 Å². The van der Waals surface area contributed by atoms with Gasteiger partial charge in [0.15, 0.2) is 29.6 Å². The molecule has 0 fully saturated rings. The first kappa shape index (κ1) is 18.9. The summed E-state index contributed by atoms with van der Waals surface area (Å²) in [4.78, 5) is 12.1. The first-order chi connectivity index (χ1) is 12.6. The van der Waals surface area contributed by atoms with Crippen molar-refractivity contribution in [3.63, 3.8) is 0 Å². The zero-order valence-corrected chi connectivity index (χ0v) is 14.7. The summed E-state index contributed by atoms with van der Waals surface area (Å²) >= 11 is 0. The molecule has 0 radical (unpaired) electrons. The molecule has 0 unspecified atom stereocenters. The number of hydrogen-bond donors (Lipinski definition) is 0. The molecule has 2 aromatic rings. The van der Waals surface area contributed by atoms with Gasteiger partial charge in [-0.3, -0.25) is 0 Å². The third kappa shape index (κ3) is 4.77. The monoisotopic (exact) mass is 353 g/mol. The van der Waals surface area contributed by atoms with Gasteiger partial charge in [-0.15, -0.1) is 6.58 Å². The van der Waals surface area contributed by atoms with Crippen LogP contribution in [0.5, 0.6) is 23.0 Å². The first-order valence-corrected chi connectivity index (χ1v) is 7.80. The van der Waals surface area contributed by atoms with Crippen molar-refractivity contribution in [1.29, 1.82) is 5.26 Å². The van der Waals surface area contributed by atoms with Crippen LogP contribution in [0.1, 0.15) is 11.1 Å². The predicted octanol–water partition coefficient (Wildman–Crippen LogP) is 3.29. The third-order valence-corrected chi connectivity index (χ3v) is 3.47. The van der Waals surface area contributed by atoms with Crippen LogP contribution in [0, 0.1) is 11.3 Å². The minimum Gasteiger partial charge on any atom is -0.493 e. The van der Waals surface area contributed by atoms with Crippen LogP contribution in [0.3, 0.4) is 0 Å². The summed E-state index contributed by atoms with van der Waals surface area (Å²) in [5.41, 5.74) is 1.43. The lowest BCUT2D eigenvalue weighted by Gasteiger charge is -2.12. The molecule has 6 nitrogen and oxygen atoms in total. The van der Waals surface area contributed by atoms with E-state index in [9.17, 15) is 4.79 Å². The Kier molecular flexibility index (Phi) is 6.63. The van der Waals surface area contributed by atoms with Gasteiger partial charge in [0.2, 0.25) is 0 Å². The second-order valence-corrected chi connectivity index (χ2v) is 5.22. The minimum absolute atomic E-state index is 0.216. The van der Waals surface area contributed by atoms with Gasteiger partial charge in [-0.05, 0) is 36.2 Å². The first-order valence-electron chi connectivity index (χ1n) is 7.80. The summed E-state index contributed by atoms with van der Waals surface area (Å²) in [7, 11) is 2.96. The number of nitriles is 1. The standard InChI is InChI=1S/C20H19NO5/c1-4-5-14-6-8-16(18(10-14)23-2)25-13-20(22)26-17-9-7-15(12-21)11-19(17)24-3/h4,6-11H,1,5,13H2,2-3H3. The number of carbonyl (C=O) groups excluding carboxylic acids is 1. The number of ether oxygens (including phenoxy) is 4. The van der Waals surface area contributed by atoms with Crippen LogP contribution in [0.25, 0.3) is 0 Å². The van der Waals surface area contributed by atoms with E-state index in [0.29, 0.717) is 29.2 Å². The number of hydrogen-bond acceptors (Lipinski definition) is 6. The molecule has 0 amide bonds. The average Bonchev–Trinajstić information content (AvgIpc) is 2.67. The van der Waals surface area contributed by atoms with Crippen molar-refractivity contribution in [2.75, 3.05) is 20.8 Å². The number of carbonyl (C=O) groups is 1. The highest BCUT2D eigenvalue weighted by atomic mass is 16.6. The van der Waals surface area contributed by atoms with Gasteiger partial charge in [0, 0.05) is 6.07 Å². The number of allylic oxidation sites excluding steroid dienone is 1. The van der Waals surface area contributed by atoms with Gasteiger partial charge in [-0.2, -0.15) is 5.26 Å². The number of nitrogens with zero attached hydrogens (tertiary/aromatic N) is 1. The summed E-state index contributed by atoms with van der Waals surface area (Å²) in [6.45, 7) is 3.39. The van der Waals surface area contributed by atoms with Crippen LogP contribution in [-0.2, 0) is 11.2 Å². The molecule has 26 heavy (non-hydrogen) atoms. The topological polar surface area (TPSA) is 77.8 Å². The SMILES string of the molecule is C=CCc1ccc(OCC(=O)Oc2ccc(C#N)cc2OC)c(OC)c1. The molecule has 0 aliphatic heterocycles. The van der Waals surface area contributed by atoms with E-state index in [4.69, 9.17) is 24.2 Å². The number of methoxy groups -OCH3 is 2. The Bertz CT molecular complexity index is 839. The van der Waals surface area contributed by atoms with E-state index >= 15 is 0 Å². The molecule has 2 rings (SSSR count). The molecule has 0 saturated carbocycles. The maximum atomic E-state index is 12.1. The largest absolute Gasteiger partial charge is 0.493 e. The zero-order valence-electron chi connectivity index (χ0n) is 14.7. The molecule has 0 aromatic heterocycles. The molecule has 0 heterocycles. The molecule has 0 saturated heterocycles. The van der Waals surface area contributed by atoms with Crippen molar-refractivity contribution in [1.82, 2.24) is 0 Å². The highest BCUT2D eigenvalue weighted by molar-refractivity contribution is 5.75. The molecule has 0 spiro atoms. The van der Waals surface area contributed by atoms with Crippen molar-refractivity contribution in [2.45, 2.75) is 6.42 Å². The Balaban J connectivity index is 2.03. The van der Waals surface area contributed by atoms with Gasteiger partial charge >= 0.3 is 5.97 Å². The van der Waals surface area contributed by atoms with Gasteiger partial charge in [-0.25, -0.2) is 4.79 Å². The maximum absolute atomic E-state index is 12.1. The van der Waals surface area contributed by atoms with Crippen molar-refractivity contribution in [3.05, 3.63) is 60.2 Å². The van der Waals surface area contributed by atoms with Crippen molar-refractivity contribution < 1.29 is 23.7 Å². The van der Waals surface area contributed by atoms with Crippen molar-refractivity contribution in [2.24, 2.45) is 0 Å². The lowest BCUT2D eigenvalue weighted by Crippen LogP contribution is -2.18. The maximum Gasteiger partial charge on any atom is 0.349 e. The molecular formula is C20H19NO5. The van der Waals surface area contributed by atoms with Crippen molar-refractivity contribution >= 4 is 5.97 Å². The fourth-order valence-electron chi connectivity index (χ4n) is 2.24. The highest BCUT2D eigenvalue weighted by Gasteiger charge is 2.13. The predicted molar refractivity (Wildman–Crippen MR) is 95.7 cm³/mol. The molecule has 0 atom stereocenters. The molecular weight excluding hydrogens is 334 g/mol. The second-order valence-electron chi connectivity index (χ2n) is 5.22. The van der Waals surface area contributed by atoms with Gasteiger partial charge in [0.25, 0.3) is 0 Å². The van der Waals surface area contributed by atoms with Gasteiger partial charge < -0.3 is 18.9 Å². The van der Waals surface area contributed by atoms with E-state index in [1.165, 1.54) is 32.4 Å². The second kappa shape index (κ2) is 9.14. The highest BCUT2D eigenvalue weighted by Crippen LogP contribution is 2.30.